The zero-order valence-corrected chi connectivity index (χ0v) is 32.2. The molecular formula is C54H40Si. The van der Waals surface area contributed by atoms with Gasteiger partial charge in [0.25, 0.3) is 0 Å². The van der Waals surface area contributed by atoms with Crippen molar-refractivity contribution < 1.29 is 0 Å². The number of rotatable bonds is 4. The smallest absolute Gasteiger partial charge is 0.0757 e. The van der Waals surface area contributed by atoms with Crippen molar-refractivity contribution in [1.29, 1.82) is 0 Å². The highest BCUT2D eigenvalue weighted by atomic mass is 28.3. The lowest BCUT2D eigenvalue weighted by Gasteiger charge is -2.23. The number of fused-ring (bicyclic) bond motifs is 7. The normalized spacial score (nSPS) is 14.1. The predicted octanol–water partition coefficient (Wildman–Crippen LogP) is 13.3. The molecule has 1 aliphatic carbocycles. The SMILES string of the molecule is C[Si]1(C)c2cc(-c3cccc4ccccc34)ccc2-c2cc3c(-c4ccccc4)c4ccc(C5=CCCc6ccccc65)cc4c(-c4ccccc4)c3cc21. The van der Waals surface area contributed by atoms with E-state index in [-0.39, 0.29) is 0 Å². The molecule has 260 valence electrons. The first-order chi connectivity index (χ1) is 27.0. The maximum atomic E-state index is 2.62. The highest BCUT2D eigenvalue weighted by molar-refractivity contribution is 7.04. The van der Waals surface area contributed by atoms with E-state index in [2.05, 4.69) is 195 Å². The van der Waals surface area contributed by atoms with Gasteiger partial charge in [0.15, 0.2) is 0 Å². The van der Waals surface area contributed by atoms with Crippen molar-refractivity contribution in [2.45, 2.75) is 25.9 Å². The minimum atomic E-state index is -2.11. The number of hydrogen-bond donors (Lipinski definition) is 0. The minimum Gasteiger partial charge on any atom is -0.0757 e. The van der Waals surface area contributed by atoms with Crippen LogP contribution < -0.4 is 10.4 Å². The Balaban J connectivity index is 1.21. The van der Waals surface area contributed by atoms with Crippen LogP contribution in [0.4, 0.5) is 0 Å². The molecule has 0 radical (unpaired) electrons. The molecule has 0 saturated heterocycles. The average molecular weight is 717 g/mol. The maximum absolute atomic E-state index is 2.62. The van der Waals surface area contributed by atoms with Crippen LogP contribution >= 0.6 is 0 Å². The molecule has 0 bridgehead atoms. The van der Waals surface area contributed by atoms with E-state index in [9.17, 15) is 0 Å². The third-order valence-corrected chi connectivity index (χ3v) is 16.0. The van der Waals surface area contributed by atoms with Gasteiger partial charge in [-0.05, 0) is 134 Å². The Morgan fingerprint density at radius 3 is 1.82 bits per heavy atom. The molecule has 0 nitrogen and oxygen atoms in total. The fourth-order valence-electron chi connectivity index (χ4n) is 9.85. The molecule has 0 fully saturated rings. The maximum Gasteiger partial charge on any atom is 0.113 e. The van der Waals surface area contributed by atoms with Crippen LogP contribution in [0.5, 0.6) is 0 Å². The molecule has 55 heavy (non-hydrogen) atoms. The molecule has 1 heterocycles. The molecule has 0 spiro atoms. The van der Waals surface area contributed by atoms with Gasteiger partial charge in [0.2, 0.25) is 0 Å². The molecule has 0 N–H and O–H groups in total. The van der Waals surface area contributed by atoms with Crippen molar-refractivity contribution in [1.82, 2.24) is 0 Å². The lowest BCUT2D eigenvalue weighted by atomic mass is 9.82. The largest absolute Gasteiger partial charge is 0.113 e. The average Bonchev–Trinajstić information content (AvgIpc) is 3.46. The van der Waals surface area contributed by atoms with Gasteiger partial charge in [0.05, 0.1) is 0 Å². The first kappa shape index (κ1) is 32.2. The lowest BCUT2D eigenvalue weighted by Crippen LogP contribution is -2.49. The zero-order valence-electron chi connectivity index (χ0n) is 31.2. The summed E-state index contributed by atoms with van der Waals surface area (Å²) in [5.74, 6) is 0. The van der Waals surface area contributed by atoms with Gasteiger partial charge in [0.1, 0.15) is 8.07 Å². The van der Waals surface area contributed by atoms with Gasteiger partial charge >= 0.3 is 0 Å². The minimum absolute atomic E-state index is 1.07. The van der Waals surface area contributed by atoms with E-state index in [1.807, 2.05) is 0 Å². The van der Waals surface area contributed by atoms with Crippen LogP contribution in [0.1, 0.15) is 23.1 Å². The second-order valence-corrected chi connectivity index (χ2v) is 20.2. The third kappa shape index (κ3) is 4.97. The first-order valence-electron chi connectivity index (χ1n) is 19.7. The number of hydrogen-bond acceptors (Lipinski definition) is 0. The lowest BCUT2D eigenvalue weighted by molar-refractivity contribution is 0.978. The van der Waals surface area contributed by atoms with Gasteiger partial charge in [0, 0.05) is 0 Å². The molecule has 11 rings (SSSR count). The van der Waals surface area contributed by atoms with E-state index >= 15 is 0 Å². The Hall–Kier alpha value is -6.28. The zero-order chi connectivity index (χ0) is 36.7. The van der Waals surface area contributed by atoms with E-state index in [4.69, 9.17) is 0 Å². The second-order valence-electron chi connectivity index (χ2n) is 15.9. The van der Waals surface area contributed by atoms with Gasteiger partial charge in [-0.2, -0.15) is 0 Å². The van der Waals surface area contributed by atoms with Crippen molar-refractivity contribution in [3.8, 4) is 44.5 Å². The number of allylic oxidation sites excluding steroid dienone is 1. The molecule has 9 aromatic carbocycles. The summed E-state index contributed by atoms with van der Waals surface area (Å²) in [6.07, 6.45) is 4.62. The summed E-state index contributed by atoms with van der Waals surface area (Å²) in [6, 6.07) is 66.4. The summed E-state index contributed by atoms with van der Waals surface area (Å²) in [6.45, 7) is 5.12. The second kappa shape index (κ2) is 12.4. The first-order valence-corrected chi connectivity index (χ1v) is 22.7. The molecule has 0 amide bonds. The van der Waals surface area contributed by atoms with Crippen LogP contribution in [0.2, 0.25) is 13.1 Å². The molecule has 0 saturated carbocycles. The Bertz CT molecular complexity index is 3030. The van der Waals surface area contributed by atoms with Crippen LogP contribution in [0, 0.1) is 0 Å². The van der Waals surface area contributed by atoms with Gasteiger partial charge in [-0.15, -0.1) is 0 Å². The molecule has 0 aromatic heterocycles. The summed E-state index contributed by atoms with van der Waals surface area (Å²) < 4.78 is 0. The quantitative estimate of drug-likeness (QED) is 0.126. The van der Waals surface area contributed by atoms with E-state index in [1.54, 1.807) is 0 Å². The van der Waals surface area contributed by atoms with Gasteiger partial charge in [-0.25, -0.2) is 0 Å². The molecular weight excluding hydrogens is 677 g/mol. The Morgan fingerprint density at radius 2 is 1.00 bits per heavy atom. The molecule has 0 unspecified atom stereocenters. The highest BCUT2D eigenvalue weighted by Gasteiger charge is 2.38. The molecule has 0 atom stereocenters. The molecule has 9 aromatic rings. The summed E-state index contributed by atoms with van der Waals surface area (Å²) in [5, 5.41) is 10.9. The standard InChI is InChI=1S/C54H40Si/c1-55(2)51-32-40(44-26-14-22-36-16-10-12-24-42(36)44)27-29-45(51)47-33-49-50(34-52(47)55)54(38-19-7-4-8-20-38)48-31-39(43-25-13-21-35-15-9-11-23-41(35)43)28-30-46(48)53(49)37-17-5-3-6-18-37/h3-12,14-20,22-34H,13,21H2,1-2H3. The van der Waals surface area contributed by atoms with Crippen LogP contribution in [0.15, 0.2) is 182 Å². The third-order valence-electron chi connectivity index (χ3n) is 12.5. The number of benzene rings is 9. The topological polar surface area (TPSA) is 0 Å². The van der Waals surface area contributed by atoms with Gasteiger partial charge < -0.3 is 0 Å². The Morgan fingerprint density at radius 1 is 0.382 bits per heavy atom. The van der Waals surface area contributed by atoms with E-state index < -0.39 is 8.07 Å². The van der Waals surface area contributed by atoms with Crippen molar-refractivity contribution in [2.75, 3.05) is 0 Å². The summed E-state index contributed by atoms with van der Waals surface area (Å²) >= 11 is 0. The van der Waals surface area contributed by atoms with E-state index in [1.165, 1.54) is 109 Å². The van der Waals surface area contributed by atoms with Crippen molar-refractivity contribution in [3.63, 3.8) is 0 Å². The molecule has 1 heteroatoms. The van der Waals surface area contributed by atoms with Crippen molar-refractivity contribution in [2.24, 2.45) is 0 Å². The fourth-order valence-corrected chi connectivity index (χ4v) is 12.9. The molecule has 1 aliphatic heterocycles. The molecule has 2 aliphatic rings. The summed E-state index contributed by atoms with van der Waals surface area (Å²) in [7, 11) is -2.11. The van der Waals surface area contributed by atoms with Crippen molar-refractivity contribution in [3.05, 3.63) is 199 Å². The van der Waals surface area contributed by atoms with Crippen LogP contribution in [0.3, 0.4) is 0 Å². The van der Waals surface area contributed by atoms with Crippen LogP contribution in [-0.2, 0) is 6.42 Å². The van der Waals surface area contributed by atoms with Crippen molar-refractivity contribution >= 4 is 56.3 Å². The van der Waals surface area contributed by atoms with Gasteiger partial charge in [-0.1, -0.05) is 183 Å². The Kier molecular flexibility index (Phi) is 7.24. The Labute approximate surface area is 324 Å². The highest BCUT2D eigenvalue weighted by Crippen LogP contribution is 2.47. The monoisotopic (exact) mass is 716 g/mol. The summed E-state index contributed by atoms with van der Waals surface area (Å²) in [5.41, 5.74) is 16.0. The van der Waals surface area contributed by atoms with Crippen LogP contribution in [-0.4, -0.2) is 8.07 Å². The predicted molar refractivity (Wildman–Crippen MR) is 239 cm³/mol. The van der Waals surface area contributed by atoms with Crippen LogP contribution in [0.25, 0.3) is 82.4 Å². The summed E-state index contributed by atoms with van der Waals surface area (Å²) in [4.78, 5) is 0. The number of aryl methyl sites for hydroxylation is 1. The van der Waals surface area contributed by atoms with Gasteiger partial charge in [-0.3, -0.25) is 0 Å². The van der Waals surface area contributed by atoms with E-state index in [0.29, 0.717) is 0 Å². The fraction of sp³-hybridized carbons (Fsp3) is 0.0741. The van der Waals surface area contributed by atoms with E-state index in [0.717, 1.165) is 12.8 Å².